The van der Waals surface area contributed by atoms with Crippen LogP contribution in [0.15, 0.2) is 28.7 Å². The van der Waals surface area contributed by atoms with Crippen molar-refractivity contribution in [2.75, 3.05) is 40.3 Å². The van der Waals surface area contributed by atoms with Gasteiger partial charge in [-0.25, -0.2) is 0 Å². The van der Waals surface area contributed by atoms with Gasteiger partial charge in [-0.3, -0.25) is 0 Å². The van der Waals surface area contributed by atoms with Crippen LogP contribution in [0.4, 0.5) is 0 Å². The molecule has 1 unspecified atom stereocenters. The van der Waals surface area contributed by atoms with Gasteiger partial charge in [-0.15, -0.1) is 0 Å². The Morgan fingerprint density at radius 2 is 1.95 bits per heavy atom. The highest BCUT2D eigenvalue weighted by molar-refractivity contribution is 9.10. The molecule has 0 fully saturated rings. The summed E-state index contributed by atoms with van der Waals surface area (Å²) in [6.07, 6.45) is 1.82. The molecule has 1 aromatic carbocycles. The lowest BCUT2D eigenvalue weighted by atomic mass is 10.3. The Balaban J connectivity index is 2.03. The van der Waals surface area contributed by atoms with Crippen LogP contribution in [0.2, 0.25) is 0 Å². The van der Waals surface area contributed by atoms with Crippen molar-refractivity contribution in [3.63, 3.8) is 0 Å². The second-order valence-corrected chi connectivity index (χ2v) is 6.05. The van der Waals surface area contributed by atoms with Crippen molar-refractivity contribution in [2.24, 2.45) is 0 Å². The fourth-order valence-corrected chi connectivity index (χ4v) is 1.99. The van der Waals surface area contributed by atoms with Gasteiger partial charge in [0, 0.05) is 11.0 Å². The second kappa shape index (κ2) is 10.2. The molecule has 0 bridgehead atoms. The standard InChI is InChI=1S/C15H25BrN2O2/c1-18(2)10-4-3-9-17-11-14(19)12-20-15-7-5-13(16)6-8-15/h5-8,14,17,19H,3-4,9-12H2,1-2H3. The zero-order chi connectivity index (χ0) is 14.8. The SMILES string of the molecule is CN(C)CCCCNCC(O)COc1ccc(Br)cc1. The molecule has 20 heavy (non-hydrogen) atoms. The molecule has 1 atom stereocenters. The molecule has 1 rings (SSSR count). The van der Waals surface area contributed by atoms with Crippen molar-refractivity contribution < 1.29 is 9.84 Å². The highest BCUT2D eigenvalue weighted by Crippen LogP contribution is 2.16. The van der Waals surface area contributed by atoms with Gasteiger partial charge in [-0.05, 0) is 64.3 Å². The van der Waals surface area contributed by atoms with Gasteiger partial charge in [-0.2, -0.15) is 0 Å². The quantitative estimate of drug-likeness (QED) is 0.638. The number of hydrogen-bond acceptors (Lipinski definition) is 4. The molecule has 114 valence electrons. The molecule has 0 saturated heterocycles. The van der Waals surface area contributed by atoms with Gasteiger partial charge in [0.25, 0.3) is 0 Å². The molecule has 0 aliphatic heterocycles. The van der Waals surface area contributed by atoms with E-state index in [9.17, 15) is 5.11 Å². The average Bonchev–Trinajstić information content (AvgIpc) is 2.41. The maximum Gasteiger partial charge on any atom is 0.119 e. The molecule has 0 heterocycles. The summed E-state index contributed by atoms with van der Waals surface area (Å²) in [7, 11) is 4.16. The zero-order valence-electron chi connectivity index (χ0n) is 12.3. The predicted octanol–water partition coefficient (Wildman–Crippen LogP) is 2.12. The predicted molar refractivity (Wildman–Crippen MR) is 86.3 cm³/mol. The van der Waals surface area contributed by atoms with Gasteiger partial charge in [0.05, 0.1) is 0 Å². The highest BCUT2D eigenvalue weighted by Gasteiger charge is 2.04. The molecular formula is C15H25BrN2O2. The molecule has 0 amide bonds. The van der Waals surface area contributed by atoms with Crippen molar-refractivity contribution in [1.82, 2.24) is 10.2 Å². The minimum Gasteiger partial charge on any atom is -0.491 e. The first-order chi connectivity index (χ1) is 9.58. The van der Waals surface area contributed by atoms with Crippen LogP contribution in [-0.2, 0) is 0 Å². The lowest BCUT2D eigenvalue weighted by Crippen LogP contribution is -2.32. The van der Waals surface area contributed by atoms with Crippen LogP contribution < -0.4 is 10.1 Å². The summed E-state index contributed by atoms with van der Waals surface area (Å²) in [5, 5.41) is 13.1. The van der Waals surface area contributed by atoms with Crippen LogP contribution in [0.5, 0.6) is 5.75 Å². The smallest absolute Gasteiger partial charge is 0.119 e. The number of halogens is 1. The summed E-state index contributed by atoms with van der Waals surface area (Å²) in [5.41, 5.74) is 0. The fraction of sp³-hybridized carbons (Fsp3) is 0.600. The van der Waals surface area contributed by atoms with E-state index in [0.717, 1.165) is 29.7 Å². The van der Waals surface area contributed by atoms with Crippen LogP contribution in [0, 0.1) is 0 Å². The highest BCUT2D eigenvalue weighted by atomic mass is 79.9. The first-order valence-corrected chi connectivity index (χ1v) is 7.79. The molecule has 0 saturated carbocycles. The van der Waals surface area contributed by atoms with Crippen molar-refractivity contribution in [3.8, 4) is 5.75 Å². The van der Waals surface area contributed by atoms with E-state index in [1.807, 2.05) is 24.3 Å². The van der Waals surface area contributed by atoms with Gasteiger partial charge in [0.15, 0.2) is 0 Å². The fourth-order valence-electron chi connectivity index (χ4n) is 1.73. The van der Waals surface area contributed by atoms with Gasteiger partial charge in [0.1, 0.15) is 18.5 Å². The van der Waals surface area contributed by atoms with Crippen molar-refractivity contribution in [3.05, 3.63) is 28.7 Å². The summed E-state index contributed by atoms with van der Waals surface area (Å²) in [4.78, 5) is 2.18. The summed E-state index contributed by atoms with van der Waals surface area (Å²) >= 11 is 3.37. The average molecular weight is 345 g/mol. The Hall–Kier alpha value is -0.620. The molecule has 0 aliphatic carbocycles. The van der Waals surface area contributed by atoms with E-state index in [2.05, 4.69) is 40.2 Å². The van der Waals surface area contributed by atoms with Crippen molar-refractivity contribution in [2.45, 2.75) is 18.9 Å². The Morgan fingerprint density at radius 3 is 2.60 bits per heavy atom. The third kappa shape index (κ3) is 8.53. The Kier molecular flexibility index (Phi) is 8.85. The zero-order valence-corrected chi connectivity index (χ0v) is 13.9. The van der Waals surface area contributed by atoms with Crippen LogP contribution in [-0.4, -0.2) is 56.4 Å². The number of nitrogens with zero attached hydrogens (tertiary/aromatic N) is 1. The minimum atomic E-state index is -0.479. The first kappa shape index (κ1) is 17.4. The summed E-state index contributed by atoms with van der Waals surface area (Å²) < 4.78 is 6.53. The molecule has 0 aliphatic rings. The first-order valence-electron chi connectivity index (χ1n) is 7.00. The van der Waals surface area contributed by atoms with Gasteiger partial charge >= 0.3 is 0 Å². The molecule has 2 N–H and O–H groups in total. The monoisotopic (exact) mass is 344 g/mol. The maximum absolute atomic E-state index is 9.80. The number of unbranched alkanes of at least 4 members (excludes halogenated alkanes) is 1. The van der Waals surface area contributed by atoms with E-state index < -0.39 is 6.10 Å². The van der Waals surface area contributed by atoms with Crippen LogP contribution in [0.25, 0.3) is 0 Å². The number of aliphatic hydroxyl groups is 1. The van der Waals surface area contributed by atoms with Crippen molar-refractivity contribution >= 4 is 15.9 Å². The lowest BCUT2D eigenvalue weighted by Gasteiger charge is -2.14. The second-order valence-electron chi connectivity index (χ2n) is 5.13. The van der Waals surface area contributed by atoms with E-state index in [1.54, 1.807) is 0 Å². The third-order valence-corrected chi connectivity index (χ3v) is 3.37. The van der Waals surface area contributed by atoms with Gasteiger partial charge in [0.2, 0.25) is 0 Å². The molecule has 5 heteroatoms. The van der Waals surface area contributed by atoms with Gasteiger partial charge in [-0.1, -0.05) is 15.9 Å². The Bertz CT molecular complexity index is 357. The molecule has 4 nitrogen and oxygen atoms in total. The van der Waals surface area contributed by atoms with E-state index in [1.165, 1.54) is 6.42 Å². The van der Waals surface area contributed by atoms with Crippen LogP contribution >= 0.6 is 15.9 Å². The normalized spacial score (nSPS) is 12.7. The molecule has 0 spiro atoms. The topological polar surface area (TPSA) is 44.7 Å². The van der Waals surface area contributed by atoms with Crippen molar-refractivity contribution in [1.29, 1.82) is 0 Å². The maximum atomic E-state index is 9.80. The lowest BCUT2D eigenvalue weighted by molar-refractivity contribution is 0.106. The molecule has 0 radical (unpaired) electrons. The number of ether oxygens (including phenoxy) is 1. The molecular weight excluding hydrogens is 320 g/mol. The van der Waals surface area contributed by atoms with Crippen LogP contribution in [0.3, 0.4) is 0 Å². The Morgan fingerprint density at radius 1 is 1.25 bits per heavy atom. The van der Waals surface area contributed by atoms with Crippen LogP contribution in [0.1, 0.15) is 12.8 Å². The van der Waals surface area contributed by atoms with E-state index in [0.29, 0.717) is 13.2 Å². The van der Waals surface area contributed by atoms with E-state index >= 15 is 0 Å². The number of nitrogens with one attached hydrogen (secondary N) is 1. The summed E-state index contributed by atoms with van der Waals surface area (Å²) in [6.45, 7) is 2.92. The third-order valence-electron chi connectivity index (χ3n) is 2.84. The number of benzene rings is 1. The number of hydrogen-bond donors (Lipinski definition) is 2. The molecule has 1 aromatic rings. The van der Waals surface area contributed by atoms with E-state index in [-0.39, 0.29) is 0 Å². The van der Waals surface area contributed by atoms with Gasteiger partial charge < -0.3 is 20.1 Å². The number of rotatable bonds is 10. The largest absolute Gasteiger partial charge is 0.491 e. The summed E-state index contributed by atoms with van der Waals surface area (Å²) in [6, 6.07) is 7.60. The Labute approximate surface area is 130 Å². The molecule has 0 aromatic heterocycles. The summed E-state index contributed by atoms with van der Waals surface area (Å²) in [5.74, 6) is 0.776. The van der Waals surface area contributed by atoms with E-state index in [4.69, 9.17) is 4.74 Å². The number of aliphatic hydroxyl groups excluding tert-OH is 1. The minimum absolute atomic E-state index is 0.312.